The van der Waals surface area contributed by atoms with E-state index in [9.17, 15) is 14.4 Å². The predicted molar refractivity (Wildman–Crippen MR) is 130 cm³/mol. The van der Waals surface area contributed by atoms with Crippen LogP contribution in [0.5, 0.6) is 11.5 Å². The van der Waals surface area contributed by atoms with Gasteiger partial charge in [0.15, 0.2) is 11.2 Å². The van der Waals surface area contributed by atoms with Gasteiger partial charge in [0.1, 0.15) is 18.0 Å². The Bertz CT molecular complexity index is 1520. The first-order valence-corrected chi connectivity index (χ1v) is 11.2. The summed E-state index contributed by atoms with van der Waals surface area (Å²) in [5, 5.41) is 0. The summed E-state index contributed by atoms with van der Waals surface area (Å²) >= 11 is 0. The average Bonchev–Trinajstić information content (AvgIpc) is 3.25. The largest absolute Gasteiger partial charge is 0.468 e. The number of aromatic nitrogens is 4. The Labute approximate surface area is 200 Å². The molecule has 0 saturated carbocycles. The molecular weight excluding hydrogens is 450 g/mol. The summed E-state index contributed by atoms with van der Waals surface area (Å²) in [5.41, 5.74) is 0.262. The van der Waals surface area contributed by atoms with Gasteiger partial charge in [0.25, 0.3) is 5.56 Å². The number of carbonyl (C=O) groups excluding carboxylic acids is 1. The van der Waals surface area contributed by atoms with E-state index in [1.165, 1.54) is 11.7 Å². The zero-order valence-electron chi connectivity index (χ0n) is 19.7. The van der Waals surface area contributed by atoms with Crippen molar-refractivity contribution in [2.45, 2.75) is 20.0 Å². The number of esters is 1. The van der Waals surface area contributed by atoms with Gasteiger partial charge in [0.2, 0.25) is 5.95 Å². The molecule has 3 heterocycles. The van der Waals surface area contributed by atoms with E-state index < -0.39 is 23.8 Å². The first-order valence-electron chi connectivity index (χ1n) is 11.2. The van der Waals surface area contributed by atoms with Crippen molar-refractivity contribution in [2.75, 3.05) is 18.6 Å². The lowest BCUT2D eigenvalue weighted by Gasteiger charge is -2.33. The van der Waals surface area contributed by atoms with E-state index in [2.05, 4.69) is 16.6 Å². The number of hydrogen-bond acceptors (Lipinski definition) is 7. The predicted octanol–water partition coefficient (Wildman–Crippen LogP) is 2.65. The zero-order valence-corrected chi connectivity index (χ0v) is 19.7. The fraction of sp³-hybridized carbons (Fsp3) is 0.280. The molecule has 1 aliphatic heterocycles. The van der Waals surface area contributed by atoms with E-state index >= 15 is 0 Å². The third kappa shape index (κ3) is 3.96. The Morgan fingerprint density at radius 1 is 1.03 bits per heavy atom. The van der Waals surface area contributed by atoms with E-state index in [1.807, 2.05) is 64.1 Å². The van der Waals surface area contributed by atoms with Gasteiger partial charge in [0.05, 0.1) is 7.11 Å². The van der Waals surface area contributed by atoms with Crippen molar-refractivity contribution in [3.8, 4) is 11.5 Å². The Hall–Kier alpha value is -4.34. The van der Waals surface area contributed by atoms with E-state index in [1.54, 1.807) is 7.05 Å². The molecule has 0 N–H and O–H groups in total. The molecule has 4 aromatic rings. The van der Waals surface area contributed by atoms with Crippen molar-refractivity contribution in [1.29, 1.82) is 0 Å². The molecule has 10 heteroatoms. The molecule has 0 spiro atoms. The maximum absolute atomic E-state index is 13.3. The number of ether oxygens (including phenoxy) is 2. The summed E-state index contributed by atoms with van der Waals surface area (Å²) in [5.74, 6) is 1.54. The molecule has 0 aliphatic carbocycles. The van der Waals surface area contributed by atoms with Crippen LogP contribution in [0.4, 0.5) is 11.6 Å². The second kappa shape index (κ2) is 8.79. The molecule has 0 radical (unpaired) electrons. The van der Waals surface area contributed by atoms with Crippen LogP contribution in [0.3, 0.4) is 0 Å². The summed E-state index contributed by atoms with van der Waals surface area (Å²) in [6.07, 6.45) is 0. The molecule has 0 amide bonds. The van der Waals surface area contributed by atoms with Crippen LogP contribution >= 0.6 is 0 Å². The van der Waals surface area contributed by atoms with Crippen molar-refractivity contribution >= 4 is 28.8 Å². The molecule has 35 heavy (non-hydrogen) atoms. The van der Waals surface area contributed by atoms with Crippen LogP contribution in [0, 0.1) is 5.92 Å². The van der Waals surface area contributed by atoms with Gasteiger partial charge in [-0.1, -0.05) is 25.1 Å². The number of methoxy groups -OCH3 is 1. The minimum Gasteiger partial charge on any atom is -0.468 e. The SMILES string of the molecule is COC(=O)Cn1c(=O)c2c(nc3n2CC(C)CN3c2ccc(Oc3ccccc3)cc2)n(C)c1=O. The fourth-order valence-corrected chi connectivity index (χ4v) is 4.37. The van der Waals surface area contributed by atoms with Crippen LogP contribution in [-0.4, -0.2) is 38.3 Å². The number of nitrogens with zero attached hydrogens (tertiary/aromatic N) is 5. The highest BCUT2D eigenvalue weighted by atomic mass is 16.5. The Morgan fingerprint density at radius 2 is 1.71 bits per heavy atom. The van der Waals surface area contributed by atoms with Crippen molar-refractivity contribution in [3.05, 3.63) is 75.4 Å². The third-order valence-electron chi connectivity index (χ3n) is 6.08. The fourth-order valence-electron chi connectivity index (χ4n) is 4.37. The van der Waals surface area contributed by atoms with Gasteiger partial charge in [-0.15, -0.1) is 0 Å². The summed E-state index contributed by atoms with van der Waals surface area (Å²) in [7, 11) is 2.76. The topological polar surface area (TPSA) is 101 Å². The van der Waals surface area contributed by atoms with Gasteiger partial charge in [0, 0.05) is 25.8 Å². The number of para-hydroxylation sites is 1. The molecule has 2 aromatic heterocycles. The smallest absolute Gasteiger partial charge is 0.333 e. The minimum atomic E-state index is -0.672. The van der Waals surface area contributed by atoms with Crippen LogP contribution in [0.2, 0.25) is 0 Å². The van der Waals surface area contributed by atoms with Crippen LogP contribution in [-0.2, 0) is 29.7 Å². The monoisotopic (exact) mass is 475 g/mol. The number of imidazole rings is 1. The van der Waals surface area contributed by atoms with Gasteiger partial charge >= 0.3 is 11.7 Å². The first kappa shape index (κ1) is 22.5. The van der Waals surface area contributed by atoms with Crippen molar-refractivity contribution < 1.29 is 14.3 Å². The molecule has 0 fully saturated rings. The average molecular weight is 476 g/mol. The van der Waals surface area contributed by atoms with Crippen LogP contribution < -0.4 is 20.9 Å². The molecule has 1 atom stereocenters. The highest BCUT2D eigenvalue weighted by Gasteiger charge is 2.30. The first-order chi connectivity index (χ1) is 16.9. The number of aryl methyl sites for hydroxylation is 1. The number of benzene rings is 2. The van der Waals surface area contributed by atoms with Crippen molar-refractivity contribution in [1.82, 2.24) is 18.7 Å². The molecule has 1 aliphatic rings. The molecule has 5 rings (SSSR count). The quantitative estimate of drug-likeness (QED) is 0.409. The zero-order chi connectivity index (χ0) is 24.7. The number of rotatable bonds is 5. The second-order valence-electron chi connectivity index (χ2n) is 8.63. The second-order valence-corrected chi connectivity index (χ2v) is 8.63. The third-order valence-corrected chi connectivity index (χ3v) is 6.08. The Kier molecular flexibility index (Phi) is 5.64. The maximum Gasteiger partial charge on any atom is 0.333 e. The minimum absolute atomic E-state index is 0.200. The van der Waals surface area contributed by atoms with Crippen LogP contribution in [0.1, 0.15) is 6.92 Å². The summed E-state index contributed by atoms with van der Waals surface area (Å²) < 4.78 is 14.6. The van der Waals surface area contributed by atoms with Gasteiger partial charge < -0.3 is 18.9 Å². The molecule has 0 saturated heterocycles. The lowest BCUT2D eigenvalue weighted by molar-refractivity contribution is -0.141. The molecule has 0 bridgehead atoms. The number of carbonyl (C=O) groups is 1. The van der Waals surface area contributed by atoms with E-state index in [4.69, 9.17) is 4.74 Å². The van der Waals surface area contributed by atoms with Crippen molar-refractivity contribution in [3.63, 3.8) is 0 Å². The van der Waals surface area contributed by atoms with E-state index in [0.29, 0.717) is 24.8 Å². The van der Waals surface area contributed by atoms with E-state index in [-0.39, 0.29) is 17.1 Å². The summed E-state index contributed by atoms with van der Waals surface area (Å²) in [6, 6.07) is 17.2. The summed E-state index contributed by atoms with van der Waals surface area (Å²) in [6.45, 7) is 2.87. The lowest BCUT2D eigenvalue weighted by Crippen LogP contribution is -2.42. The number of hydrogen-bond donors (Lipinski definition) is 0. The summed E-state index contributed by atoms with van der Waals surface area (Å²) in [4.78, 5) is 44.6. The molecule has 10 nitrogen and oxygen atoms in total. The highest BCUT2D eigenvalue weighted by Crippen LogP contribution is 2.34. The van der Waals surface area contributed by atoms with Crippen molar-refractivity contribution in [2.24, 2.45) is 13.0 Å². The molecule has 2 aromatic carbocycles. The molecule has 180 valence electrons. The standard InChI is InChI=1S/C25H25N5O5/c1-16-13-28(17-9-11-19(12-10-17)35-18-7-5-4-6-8-18)24-26-22-21(29(24)14-16)23(32)30(15-20(31)34-3)25(33)27(22)2/h4-12,16H,13-15H2,1-3H3. The normalized spacial score (nSPS) is 15.2. The number of anilines is 2. The Balaban J connectivity index is 1.57. The van der Waals surface area contributed by atoms with Gasteiger partial charge in [-0.05, 0) is 42.3 Å². The maximum atomic E-state index is 13.3. The van der Waals surface area contributed by atoms with Crippen LogP contribution in [0.25, 0.3) is 11.2 Å². The number of fused-ring (bicyclic) bond motifs is 3. The van der Waals surface area contributed by atoms with Gasteiger partial charge in [-0.2, -0.15) is 4.98 Å². The highest BCUT2D eigenvalue weighted by molar-refractivity contribution is 5.77. The van der Waals surface area contributed by atoms with E-state index in [0.717, 1.165) is 16.0 Å². The molecule has 1 unspecified atom stereocenters. The van der Waals surface area contributed by atoms with Gasteiger partial charge in [-0.25, -0.2) is 9.36 Å². The van der Waals surface area contributed by atoms with Gasteiger partial charge in [-0.3, -0.25) is 14.2 Å². The Morgan fingerprint density at radius 3 is 2.40 bits per heavy atom. The molecular formula is C25H25N5O5. The van der Waals surface area contributed by atoms with Crippen LogP contribution in [0.15, 0.2) is 64.2 Å². The lowest BCUT2D eigenvalue weighted by atomic mass is 10.1.